The lowest BCUT2D eigenvalue weighted by molar-refractivity contribution is -0.451. The molecule has 0 radical (unpaired) electrons. The van der Waals surface area contributed by atoms with Gasteiger partial charge in [-0.05, 0) is 12.1 Å². The average Bonchev–Trinajstić information content (AvgIpc) is 2.64. The van der Waals surface area contributed by atoms with Crippen LogP contribution in [0.5, 0.6) is 0 Å². The third kappa shape index (κ3) is 3.45. The molecule has 0 bridgehead atoms. The van der Waals surface area contributed by atoms with Crippen LogP contribution < -0.4 is 10.5 Å². The maximum absolute atomic E-state index is 11.5. The lowest BCUT2D eigenvalue weighted by atomic mass is 10.1. The molecule has 0 amide bonds. The van der Waals surface area contributed by atoms with Gasteiger partial charge in [0.25, 0.3) is 0 Å². The quantitative estimate of drug-likeness (QED) is 0.379. The number of nitro groups is 4. The molecule has 0 atom stereocenters. The van der Waals surface area contributed by atoms with E-state index in [4.69, 9.17) is 5.53 Å². The second kappa shape index (κ2) is 7.64. The summed E-state index contributed by atoms with van der Waals surface area (Å²) in [5.41, 5.74) is 2.14. The Labute approximate surface area is 153 Å². The Morgan fingerprint density at radius 1 is 0.821 bits per heavy atom. The summed E-state index contributed by atoms with van der Waals surface area (Å²) in [7, 11) is 0. The monoisotopic (exact) mass is 392 g/mol. The van der Waals surface area contributed by atoms with Crippen molar-refractivity contribution in [3.63, 3.8) is 0 Å². The number of rotatable bonds is 8. The van der Waals surface area contributed by atoms with E-state index in [0.29, 0.717) is 11.1 Å². The van der Waals surface area contributed by atoms with Crippen LogP contribution in [0, 0.1) is 46.0 Å². The summed E-state index contributed by atoms with van der Waals surface area (Å²) in [6.45, 7) is 0. The molecule has 0 aromatic heterocycles. The average molecular weight is 392 g/mol. The highest BCUT2D eigenvalue weighted by molar-refractivity contribution is 5.87. The molecule has 16 nitrogen and oxygen atoms in total. The summed E-state index contributed by atoms with van der Waals surface area (Å²) in [5, 5.41) is 48.9. The van der Waals surface area contributed by atoms with E-state index in [9.17, 15) is 40.5 Å². The van der Waals surface area contributed by atoms with Crippen LogP contribution in [0.15, 0.2) is 41.6 Å². The summed E-state index contributed by atoms with van der Waals surface area (Å²) in [6, 6.07) is 7.62. The van der Waals surface area contributed by atoms with E-state index >= 15 is 0 Å². The van der Waals surface area contributed by atoms with Gasteiger partial charge in [0.1, 0.15) is 0 Å². The number of anilines is 2. The van der Waals surface area contributed by atoms with Crippen LogP contribution >= 0.6 is 0 Å². The van der Waals surface area contributed by atoms with Gasteiger partial charge in [-0.3, -0.25) is 40.5 Å². The van der Waals surface area contributed by atoms with Crippen LogP contribution in [-0.2, 0) is 0 Å². The molecule has 0 fully saturated rings. The lowest BCUT2D eigenvalue weighted by Gasteiger charge is -2.21. The van der Waals surface area contributed by atoms with Crippen molar-refractivity contribution in [1.82, 2.24) is 5.53 Å². The Morgan fingerprint density at radius 2 is 1.36 bits per heavy atom. The van der Waals surface area contributed by atoms with Crippen molar-refractivity contribution >= 4 is 34.1 Å². The van der Waals surface area contributed by atoms with Crippen LogP contribution in [0.2, 0.25) is 0 Å². The number of para-hydroxylation sites is 1. The first kappa shape index (κ1) is 19.6. The molecule has 0 saturated heterocycles. The highest BCUT2D eigenvalue weighted by atomic mass is 16.7. The van der Waals surface area contributed by atoms with E-state index in [0.717, 1.165) is 0 Å². The number of hydrazine groups is 1. The number of nitrogens with one attached hydrogen (secondary N) is 2. The highest BCUT2D eigenvalue weighted by Crippen LogP contribution is 2.49. The van der Waals surface area contributed by atoms with E-state index in [1.807, 2.05) is 5.53 Å². The van der Waals surface area contributed by atoms with Crippen LogP contribution in [0.4, 0.5) is 34.1 Å². The minimum absolute atomic E-state index is 0.0547. The smallest absolute Gasteiger partial charge is 0.258 e. The fourth-order valence-corrected chi connectivity index (χ4v) is 2.34. The van der Waals surface area contributed by atoms with Crippen molar-refractivity contribution in [3.8, 4) is 0 Å². The zero-order valence-electron chi connectivity index (χ0n) is 13.4. The number of nitrogens with zero attached hydrogens (tertiary/aromatic N) is 6. The molecule has 0 heterocycles. The van der Waals surface area contributed by atoms with Crippen LogP contribution in [0.1, 0.15) is 0 Å². The van der Waals surface area contributed by atoms with Crippen molar-refractivity contribution in [1.29, 1.82) is 5.53 Å². The number of benzene rings is 2. The summed E-state index contributed by atoms with van der Waals surface area (Å²) in [4.78, 5) is 39.9. The van der Waals surface area contributed by atoms with Crippen molar-refractivity contribution in [3.05, 3.63) is 76.9 Å². The van der Waals surface area contributed by atoms with Crippen LogP contribution in [0.3, 0.4) is 0 Å². The standard InChI is InChI=1S/C12H8N8O8/c13-14-15-16(7-4-2-1-3-5-7)8-6-9(17(21)22)11(19(25)26)12(20(27)28)10(8)18(23)24/h1-6H,(H2,13,15). The summed E-state index contributed by atoms with van der Waals surface area (Å²) < 4.78 is 0. The molecule has 0 saturated carbocycles. The molecule has 28 heavy (non-hydrogen) atoms. The molecule has 2 N–H and O–H groups in total. The zero-order valence-corrected chi connectivity index (χ0v) is 13.4. The maximum Gasteiger partial charge on any atom is 0.432 e. The number of hydrogen-bond donors (Lipinski definition) is 2. The van der Waals surface area contributed by atoms with Gasteiger partial charge in [-0.15, -0.1) is 0 Å². The third-order valence-electron chi connectivity index (χ3n) is 3.36. The molecule has 0 aliphatic heterocycles. The molecule has 16 heteroatoms. The Kier molecular flexibility index (Phi) is 5.34. The summed E-state index contributed by atoms with van der Waals surface area (Å²) in [6.07, 6.45) is 0. The third-order valence-corrected chi connectivity index (χ3v) is 3.36. The SMILES string of the molecule is N=NNN(c1ccccc1)c1cc([N+](=O)[O-])c([N+](=O)[O-])c([N+](=O)[O-])c1[N+](=O)[O-]. The minimum Gasteiger partial charge on any atom is -0.258 e. The van der Waals surface area contributed by atoms with E-state index in [2.05, 4.69) is 5.22 Å². The fraction of sp³-hybridized carbons (Fsp3) is 0. The van der Waals surface area contributed by atoms with E-state index in [-0.39, 0.29) is 5.69 Å². The highest BCUT2D eigenvalue weighted by Gasteiger charge is 2.48. The van der Waals surface area contributed by atoms with Crippen molar-refractivity contribution in [2.24, 2.45) is 5.22 Å². The molecule has 0 aliphatic carbocycles. The van der Waals surface area contributed by atoms with Gasteiger partial charge in [-0.25, -0.2) is 5.01 Å². The first-order chi connectivity index (χ1) is 13.2. The van der Waals surface area contributed by atoms with Gasteiger partial charge in [-0.1, -0.05) is 23.4 Å². The van der Waals surface area contributed by atoms with Crippen molar-refractivity contribution in [2.75, 3.05) is 5.01 Å². The van der Waals surface area contributed by atoms with E-state index in [1.165, 1.54) is 24.3 Å². The Bertz CT molecular complexity index is 995. The van der Waals surface area contributed by atoms with Gasteiger partial charge in [0, 0.05) is 0 Å². The topological polar surface area (TPSA) is 224 Å². The lowest BCUT2D eigenvalue weighted by Crippen LogP contribution is -2.30. The van der Waals surface area contributed by atoms with Crippen LogP contribution in [-0.4, -0.2) is 19.7 Å². The van der Waals surface area contributed by atoms with Gasteiger partial charge in [-0.2, -0.15) is 11.1 Å². The van der Waals surface area contributed by atoms with Gasteiger partial charge in [0.2, 0.25) is 0 Å². The van der Waals surface area contributed by atoms with Gasteiger partial charge in [0.15, 0.2) is 5.69 Å². The second-order valence-electron chi connectivity index (χ2n) is 4.87. The van der Waals surface area contributed by atoms with E-state index < -0.39 is 48.1 Å². The molecule has 2 aromatic rings. The van der Waals surface area contributed by atoms with E-state index in [1.54, 1.807) is 6.07 Å². The first-order valence-corrected chi connectivity index (χ1v) is 6.96. The van der Waals surface area contributed by atoms with Gasteiger partial charge < -0.3 is 0 Å². The zero-order chi connectivity index (χ0) is 21.0. The van der Waals surface area contributed by atoms with Crippen molar-refractivity contribution in [2.45, 2.75) is 0 Å². The van der Waals surface area contributed by atoms with Crippen molar-refractivity contribution < 1.29 is 19.7 Å². The molecule has 2 aromatic carbocycles. The maximum atomic E-state index is 11.5. The molecule has 144 valence electrons. The largest absolute Gasteiger partial charge is 0.432 e. The molecule has 0 spiro atoms. The number of hydrogen-bond acceptors (Lipinski definition) is 11. The molecule has 0 aliphatic rings. The molecule has 0 unspecified atom stereocenters. The summed E-state index contributed by atoms with van der Waals surface area (Å²) >= 11 is 0. The first-order valence-electron chi connectivity index (χ1n) is 6.96. The molecular formula is C12H8N8O8. The predicted molar refractivity (Wildman–Crippen MR) is 89.9 cm³/mol. The normalized spacial score (nSPS) is 10.0. The van der Waals surface area contributed by atoms with Gasteiger partial charge >= 0.3 is 22.7 Å². The second-order valence-corrected chi connectivity index (χ2v) is 4.87. The predicted octanol–water partition coefficient (Wildman–Crippen LogP) is 2.91. The number of nitro benzene ring substituents is 4. The molecule has 2 rings (SSSR count). The fourth-order valence-electron chi connectivity index (χ4n) is 2.34. The van der Waals surface area contributed by atoms with Gasteiger partial charge in [0.05, 0.1) is 31.4 Å². The Balaban J connectivity index is 3.02. The Morgan fingerprint density at radius 3 is 1.79 bits per heavy atom. The van der Waals surface area contributed by atoms with Crippen LogP contribution in [0.25, 0.3) is 0 Å². The minimum atomic E-state index is -1.67. The molecular weight excluding hydrogens is 384 g/mol. The Hall–Kier alpha value is -4.76. The summed E-state index contributed by atoms with van der Waals surface area (Å²) in [5.74, 6) is 0.